The second-order valence-electron chi connectivity index (χ2n) is 6.60. The summed E-state index contributed by atoms with van der Waals surface area (Å²) >= 11 is 0. The first-order valence-corrected chi connectivity index (χ1v) is 7.46. The monoisotopic (exact) mass is 243 g/mol. The maximum absolute atomic E-state index is 3.75. The maximum atomic E-state index is 3.75. The minimum absolute atomic E-state index is 0.574. The van der Waals surface area contributed by atoms with Gasteiger partial charge in [-0.25, -0.2) is 0 Å². The predicted octanol–water partition coefficient (Wildman–Crippen LogP) is 3.77. The molecule has 0 aliphatic heterocycles. The van der Waals surface area contributed by atoms with Crippen molar-refractivity contribution in [3.63, 3.8) is 0 Å². The third-order valence-electron chi connectivity index (χ3n) is 4.91. The first-order chi connectivity index (χ1) is 8.67. The Morgan fingerprint density at radius 2 is 1.94 bits per heavy atom. The van der Waals surface area contributed by atoms with E-state index in [1.54, 1.807) is 0 Å². The molecule has 0 bridgehead atoms. The molecule has 0 aromatic heterocycles. The molecular formula is C17H25N. The fraction of sp³-hybridized carbons (Fsp3) is 0.647. The summed E-state index contributed by atoms with van der Waals surface area (Å²) in [6.45, 7) is 5.67. The Hall–Kier alpha value is -0.820. The van der Waals surface area contributed by atoms with Gasteiger partial charge < -0.3 is 5.32 Å². The molecule has 1 nitrogen and oxygen atoms in total. The second kappa shape index (κ2) is 4.70. The summed E-state index contributed by atoms with van der Waals surface area (Å²) in [5, 5.41) is 3.75. The highest BCUT2D eigenvalue weighted by atomic mass is 15.0. The second-order valence-corrected chi connectivity index (χ2v) is 6.60. The van der Waals surface area contributed by atoms with Crippen molar-refractivity contribution >= 4 is 0 Å². The molecule has 98 valence electrons. The summed E-state index contributed by atoms with van der Waals surface area (Å²) in [5.41, 5.74) is 4.97. The molecule has 1 aromatic carbocycles. The lowest BCUT2D eigenvalue weighted by molar-refractivity contribution is 0.129. The molecule has 0 radical (unpaired) electrons. The van der Waals surface area contributed by atoms with E-state index in [1.165, 1.54) is 61.8 Å². The Morgan fingerprint density at radius 1 is 1.17 bits per heavy atom. The molecule has 0 spiro atoms. The van der Waals surface area contributed by atoms with Crippen molar-refractivity contribution in [2.75, 3.05) is 6.54 Å². The van der Waals surface area contributed by atoms with Crippen molar-refractivity contribution in [1.29, 1.82) is 0 Å². The van der Waals surface area contributed by atoms with Gasteiger partial charge in [0.2, 0.25) is 0 Å². The fourth-order valence-corrected chi connectivity index (χ4v) is 3.09. The van der Waals surface area contributed by atoms with Gasteiger partial charge in [-0.2, -0.15) is 0 Å². The van der Waals surface area contributed by atoms with Crippen LogP contribution in [0.2, 0.25) is 0 Å². The average molecular weight is 243 g/mol. The fourth-order valence-electron chi connectivity index (χ4n) is 3.09. The van der Waals surface area contributed by atoms with E-state index in [0.29, 0.717) is 5.41 Å². The van der Waals surface area contributed by atoms with Crippen molar-refractivity contribution in [1.82, 2.24) is 5.32 Å². The van der Waals surface area contributed by atoms with Gasteiger partial charge in [-0.3, -0.25) is 0 Å². The Labute approximate surface area is 111 Å². The molecule has 0 saturated heterocycles. The SMILES string of the molecule is Cc1ccc(CC2(CNC3CC3)CCC2)cc1C. The molecule has 1 aromatic rings. The Kier molecular flexibility index (Phi) is 3.19. The summed E-state index contributed by atoms with van der Waals surface area (Å²) in [6.07, 6.45) is 8.34. The molecule has 3 rings (SSSR count). The molecule has 0 amide bonds. The van der Waals surface area contributed by atoms with Crippen LogP contribution in [0.25, 0.3) is 0 Å². The van der Waals surface area contributed by atoms with Crippen molar-refractivity contribution in [3.05, 3.63) is 34.9 Å². The molecule has 2 aliphatic carbocycles. The Bertz CT molecular complexity index is 427. The van der Waals surface area contributed by atoms with Crippen molar-refractivity contribution < 1.29 is 0 Å². The van der Waals surface area contributed by atoms with Gasteiger partial charge in [-0.15, -0.1) is 0 Å². The van der Waals surface area contributed by atoms with E-state index in [2.05, 4.69) is 37.4 Å². The minimum atomic E-state index is 0.574. The van der Waals surface area contributed by atoms with E-state index in [0.717, 1.165) is 6.04 Å². The molecule has 0 heterocycles. The highest BCUT2D eigenvalue weighted by Crippen LogP contribution is 2.43. The van der Waals surface area contributed by atoms with E-state index in [4.69, 9.17) is 0 Å². The smallest absolute Gasteiger partial charge is 0.00684 e. The minimum Gasteiger partial charge on any atom is -0.313 e. The molecular weight excluding hydrogens is 218 g/mol. The van der Waals surface area contributed by atoms with E-state index in [1.807, 2.05) is 0 Å². The molecule has 1 N–H and O–H groups in total. The predicted molar refractivity (Wildman–Crippen MR) is 76.9 cm³/mol. The summed E-state index contributed by atoms with van der Waals surface area (Å²) in [7, 11) is 0. The van der Waals surface area contributed by atoms with E-state index in [-0.39, 0.29) is 0 Å². The molecule has 2 saturated carbocycles. The molecule has 18 heavy (non-hydrogen) atoms. The number of aryl methyl sites for hydroxylation is 2. The van der Waals surface area contributed by atoms with E-state index >= 15 is 0 Å². The Balaban J connectivity index is 1.66. The third kappa shape index (κ3) is 2.61. The van der Waals surface area contributed by atoms with Crippen LogP contribution in [0.3, 0.4) is 0 Å². The number of benzene rings is 1. The summed E-state index contributed by atoms with van der Waals surface area (Å²) in [5.74, 6) is 0. The summed E-state index contributed by atoms with van der Waals surface area (Å²) in [4.78, 5) is 0. The van der Waals surface area contributed by atoms with Crippen molar-refractivity contribution in [3.8, 4) is 0 Å². The molecule has 2 aliphatic rings. The first-order valence-electron chi connectivity index (χ1n) is 7.46. The summed E-state index contributed by atoms with van der Waals surface area (Å²) < 4.78 is 0. The zero-order valence-electron chi connectivity index (χ0n) is 11.8. The zero-order valence-corrected chi connectivity index (χ0v) is 11.8. The van der Waals surface area contributed by atoms with Crippen LogP contribution in [0, 0.1) is 19.3 Å². The zero-order chi connectivity index (χ0) is 12.6. The normalized spacial score (nSPS) is 21.7. The van der Waals surface area contributed by atoms with Crippen LogP contribution in [0.5, 0.6) is 0 Å². The van der Waals surface area contributed by atoms with Crippen LogP contribution in [0.4, 0.5) is 0 Å². The van der Waals surface area contributed by atoms with Crippen LogP contribution in [-0.2, 0) is 6.42 Å². The maximum Gasteiger partial charge on any atom is 0.00684 e. The van der Waals surface area contributed by atoms with Gasteiger partial charge in [0.15, 0.2) is 0 Å². The topological polar surface area (TPSA) is 12.0 Å². The first kappa shape index (κ1) is 12.2. The molecule has 2 fully saturated rings. The number of hydrogen-bond donors (Lipinski definition) is 1. The van der Waals surface area contributed by atoms with Crippen LogP contribution in [-0.4, -0.2) is 12.6 Å². The third-order valence-corrected chi connectivity index (χ3v) is 4.91. The van der Waals surface area contributed by atoms with E-state index in [9.17, 15) is 0 Å². The van der Waals surface area contributed by atoms with Crippen LogP contribution >= 0.6 is 0 Å². The lowest BCUT2D eigenvalue weighted by Crippen LogP contribution is -2.42. The van der Waals surface area contributed by atoms with Gasteiger partial charge in [-0.05, 0) is 68.1 Å². The quantitative estimate of drug-likeness (QED) is 0.830. The van der Waals surface area contributed by atoms with Gasteiger partial charge in [0.1, 0.15) is 0 Å². The Morgan fingerprint density at radius 3 is 2.50 bits per heavy atom. The largest absolute Gasteiger partial charge is 0.313 e. The standard InChI is InChI=1S/C17H25N/c1-13-4-5-15(10-14(13)2)11-17(8-3-9-17)12-18-16-6-7-16/h4-5,10,16,18H,3,6-9,11-12H2,1-2H3. The van der Waals surface area contributed by atoms with Gasteiger partial charge in [0.05, 0.1) is 0 Å². The van der Waals surface area contributed by atoms with Gasteiger partial charge in [0, 0.05) is 12.6 Å². The molecule has 0 unspecified atom stereocenters. The highest BCUT2D eigenvalue weighted by molar-refractivity contribution is 5.30. The van der Waals surface area contributed by atoms with Crippen LogP contribution in [0.1, 0.15) is 48.8 Å². The van der Waals surface area contributed by atoms with Crippen LogP contribution < -0.4 is 5.32 Å². The highest BCUT2D eigenvalue weighted by Gasteiger charge is 2.38. The van der Waals surface area contributed by atoms with Gasteiger partial charge in [0.25, 0.3) is 0 Å². The number of nitrogens with one attached hydrogen (secondary N) is 1. The molecule has 0 atom stereocenters. The molecule has 1 heteroatoms. The van der Waals surface area contributed by atoms with Crippen molar-refractivity contribution in [2.24, 2.45) is 5.41 Å². The van der Waals surface area contributed by atoms with Gasteiger partial charge in [-0.1, -0.05) is 24.6 Å². The average Bonchev–Trinajstić information content (AvgIpc) is 3.11. The van der Waals surface area contributed by atoms with Gasteiger partial charge >= 0.3 is 0 Å². The summed E-state index contributed by atoms with van der Waals surface area (Å²) in [6, 6.07) is 7.86. The van der Waals surface area contributed by atoms with E-state index < -0.39 is 0 Å². The number of hydrogen-bond acceptors (Lipinski definition) is 1. The van der Waals surface area contributed by atoms with Crippen molar-refractivity contribution in [2.45, 2.75) is 58.4 Å². The number of rotatable bonds is 5. The van der Waals surface area contributed by atoms with Crippen LogP contribution in [0.15, 0.2) is 18.2 Å². The lowest BCUT2D eigenvalue weighted by Gasteiger charge is -2.42. The lowest BCUT2D eigenvalue weighted by atomic mass is 9.65.